The second kappa shape index (κ2) is 9.44. The molecule has 5 rings (SSSR count). The molecule has 1 saturated carbocycles. The molecule has 3 amide bonds. The van der Waals surface area contributed by atoms with Crippen molar-refractivity contribution in [2.75, 3.05) is 20.2 Å². The van der Waals surface area contributed by atoms with Gasteiger partial charge in [0.1, 0.15) is 11.6 Å². The minimum Gasteiger partial charge on any atom is -0.497 e. The van der Waals surface area contributed by atoms with Crippen LogP contribution in [-0.2, 0) is 19.8 Å². The van der Waals surface area contributed by atoms with Gasteiger partial charge in [0, 0.05) is 37.9 Å². The Kier molecular flexibility index (Phi) is 6.34. The van der Waals surface area contributed by atoms with Gasteiger partial charge in [0.05, 0.1) is 12.5 Å². The SMILES string of the molecule is COc1ccc(C2(CC(=O)N3CCC(c4ccccc4F)C3)CC(=O)N(C3CCCC3)C2=O)cc1. The molecule has 184 valence electrons. The Labute approximate surface area is 205 Å². The molecule has 3 aliphatic rings. The zero-order chi connectivity index (χ0) is 24.6. The lowest BCUT2D eigenvalue weighted by Gasteiger charge is -2.30. The lowest BCUT2D eigenvalue weighted by atomic mass is 9.75. The molecule has 2 unspecified atom stereocenters. The molecule has 2 aromatic carbocycles. The number of carbonyl (C=O) groups excluding carboxylic acids is 3. The van der Waals surface area contributed by atoms with E-state index in [2.05, 4.69) is 0 Å². The van der Waals surface area contributed by atoms with Crippen molar-refractivity contribution in [3.63, 3.8) is 0 Å². The largest absolute Gasteiger partial charge is 0.497 e. The van der Waals surface area contributed by atoms with Crippen LogP contribution in [0.2, 0.25) is 0 Å². The van der Waals surface area contributed by atoms with Crippen LogP contribution in [0, 0.1) is 5.82 Å². The molecule has 0 N–H and O–H groups in total. The number of benzene rings is 2. The second-order valence-electron chi connectivity index (χ2n) is 10.0. The topological polar surface area (TPSA) is 66.9 Å². The number of imide groups is 1. The zero-order valence-corrected chi connectivity index (χ0v) is 20.0. The van der Waals surface area contributed by atoms with Crippen molar-refractivity contribution >= 4 is 17.7 Å². The molecule has 6 nitrogen and oxygen atoms in total. The van der Waals surface area contributed by atoms with E-state index in [0.717, 1.165) is 25.7 Å². The number of nitrogens with zero attached hydrogens (tertiary/aromatic N) is 2. The second-order valence-corrected chi connectivity index (χ2v) is 10.0. The Morgan fingerprint density at radius 3 is 2.46 bits per heavy atom. The van der Waals surface area contributed by atoms with E-state index < -0.39 is 5.41 Å². The van der Waals surface area contributed by atoms with Crippen molar-refractivity contribution in [3.05, 3.63) is 65.5 Å². The molecule has 2 aromatic rings. The first-order valence-corrected chi connectivity index (χ1v) is 12.5. The minimum absolute atomic E-state index is 0.00894. The van der Waals surface area contributed by atoms with Crippen molar-refractivity contribution in [1.82, 2.24) is 9.80 Å². The molecule has 2 saturated heterocycles. The summed E-state index contributed by atoms with van der Waals surface area (Å²) in [5, 5.41) is 0. The Hall–Kier alpha value is -3.22. The Morgan fingerprint density at radius 2 is 1.77 bits per heavy atom. The smallest absolute Gasteiger partial charge is 0.241 e. The minimum atomic E-state index is -1.22. The van der Waals surface area contributed by atoms with E-state index in [1.54, 1.807) is 48.4 Å². The van der Waals surface area contributed by atoms with Crippen molar-refractivity contribution in [2.45, 2.75) is 62.3 Å². The normalized spacial score (nSPS) is 25.0. The van der Waals surface area contributed by atoms with E-state index in [9.17, 15) is 18.8 Å². The predicted octanol–water partition coefficient (Wildman–Crippen LogP) is 4.18. The van der Waals surface area contributed by atoms with Crippen LogP contribution in [0.1, 0.15) is 62.0 Å². The zero-order valence-electron chi connectivity index (χ0n) is 20.0. The van der Waals surface area contributed by atoms with E-state index in [4.69, 9.17) is 4.74 Å². The third kappa shape index (κ3) is 4.21. The summed E-state index contributed by atoms with van der Waals surface area (Å²) in [6.45, 7) is 0.915. The molecule has 2 aliphatic heterocycles. The van der Waals surface area contributed by atoms with Gasteiger partial charge in [-0.1, -0.05) is 43.2 Å². The van der Waals surface area contributed by atoms with Crippen molar-refractivity contribution in [3.8, 4) is 5.75 Å². The molecule has 2 heterocycles. The Balaban J connectivity index is 1.42. The van der Waals surface area contributed by atoms with Crippen molar-refractivity contribution < 1.29 is 23.5 Å². The maximum atomic E-state index is 14.3. The quantitative estimate of drug-likeness (QED) is 0.585. The fraction of sp³-hybridized carbons (Fsp3) is 0.464. The van der Waals surface area contributed by atoms with Gasteiger partial charge >= 0.3 is 0 Å². The average molecular weight is 479 g/mol. The first-order chi connectivity index (χ1) is 16.9. The summed E-state index contributed by atoms with van der Waals surface area (Å²) in [5.41, 5.74) is 0.0570. The molecule has 0 radical (unpaired) electrons. The van der Waals surface area contributed by atoms with Gasteiger partial charge in [-0.3, -0.25) is 19.3 Å². The first-order valence-electron chi connectivity index (χ1n) is 12.5. The van der Waals surface area contributed by atoms with Gasteiger partial charge < -0.3 is 9.64 Å². The molecule has 35 heavy (non-hydrogen) atoms. The third-order valence-corrected chi connectivity index (χ3v) is 8.02. The highest BCUT2D eigenvalue weighted by Crippen LogP contribution is 2.44. The van der Waals surface area contributed by atoms with Crippen LogP contribution in [-0.4, -0.2) is 53.8 Å². The van der Waals surface area contributed by atoms with E-state index in [1.165, 1.54) is 11.0 Å². The summed E-state index contributed by atoms with van der Waals surface area (Å²) in [5.74, 6) is -0.326. The van der Waals surface area contributed by atoms with E-state index in [1.807, 2.05) is 6.07 Å². The van der Waals surface area contributed by atoms with Crippen LogP contribution >= 0.6 is 0 Å². The number of rotatable bonds is 6. The van der Waals surface area contributed by atoms with Gasteiger partial charge in [0.2, 0.25) is 17.7 Å². The van der Waals surface area contributed by atoms with E-state index >= 15 is 0 Å². The van der Waals surface area contributed by atoms with E-state index in [0.29, 0.717) is 36.4 Å². The molecule has 2 atom stereocenters. The van der Waals surface area contributed by atoms with Crippen LogP contribution in [0.3, 0.4) is 0 Å². The van der Waals surface area contributed by atoms with Crippen LogP contribution in [0.4, 0.5) is 4.39 Å². The van der Waals surface area contributed by atoms with Gasteiger partial charge in [-0.05, 0) is 48.6 Å². The van der Waals surface area contributed by atoms with Crippen LogP contribution in [0.25, 0.3) is 0 Å². The van der Waals surface area contributed by atoms with Crippen LogP contribution in [0.15, 0.2) is 48.5 Å². The number of amides is 3. The molecule has 0 bridgehead atoms. The average Bonchev–Trinajstić information content (AvgIpc) is 3.61. The number of methoxy groups -OCH3 is 1. The summed E-state index contributed by atoms with van der Waals surface area (Å²) < 4.78 is 19.6. The van der Waals surface area contributed by atoms with Gasteiger partial charge in [-0.15, -0.1) is 0 Å². The highest BCUT2D eigenvalue weighted by molar-refractivity contribution is 6.11. The first kappa shape index (κ1) is 23.5. The standard InChI is InChI=1S/C28H31FN2O4/c1-35-22-12-10-20(11-13-22)28(17-26(33)31(27(28)34)21-6-2-3-7-21)16-25(32)30-15-14-19(18-30)23-8-4-5-9-24(23)29/h4-5,8-13,19,21H,2-3,6-7,14-18H2,1H3. The van der Waals surface area contributed by atoms with Crippen LogP contribution < -0.4 is 4.74 Å². The number of halogens is 1. The number of carbonyl (C=O) groups is 3. The molecule has 1 aliphatic carbocycles. The summed E-state index contributed by atoms with van der Waals surface area (Å²) in [6.07, 6.45) is 4.23. The number of hydrogen-bond acceptors (Lipinski definition) is 4. The summed E-state index contributed by atoms with van der Waals surface area (Å²) >= 11 is 0. The Morgan fingerprint density at radius 1 is 1.06 bits per heavy atom. The summed E-state index contributed by atoms with van der Waals surface area (Å²) in [6, 6.07) is 13.7. The number of hydrogen-bond donors (Lipinski definition) is 0. The highest BCUT2D eigenvalue weighted by atomic mass is 19.1. The van der Waals surface area contributed by atoms with Gasteiger partial charge in [-0.2, -0.15) is 0 Å². The monoisotopic (exact) mass is 478 g/mol. The fourth-order valence-electron chi connectivity index (χ4n) is 6.09. The highest BCUT2D eigenvalue weighted by Gasteiger charge is 2.56. The van der Waals surface area contributed by atoms with Gasteiger partial charge in [0.15, 0.2) is 0 Å². The summed E-state index contributed by atoms with van der Waals surface area (Å²) in [4.78, 5) is 43.8. The molecular weight excluding hydrogens is 447 g/mol. The van der Waals surface area contributed by atoms with Gasteiger partial charge in [-0.25, -0.2) is 4.39 Å². The maximum Gasteiger partial charge on any atom is 0.241 e. The molecular formula is C28H31FN2O4. The Bertz CT molecular complexity index is 1130. The molecule has 0 spiro atoms. The molecule has 0 aromatic heterocycles. The lowest BCUT2D eigenvalue weighted by molar-refractivity contribution is -0.144. The number of ether oxygens (including phenoxy) is 1. The van der Waals surface area contributed by atoms with Crippen LogP contribution in [0.5, 0.6) is 5.75 Å². The van der Waals surface area contributed by atoms with E-state index in [-0.39, 0.29) is 48.3 Å². The fourth-order valence-corrected chi connectivity index (χ4v) is 6.09. The number of likely N-dealkylation sites (tertiary alicyclic amines) is 2. The molecule has 7 heteroatoms. The van der Waals surface area contributed by atoms with Crippen molar-refractivity contribution in [2.24, 2.45) is 0 Å². The van der Waals surface area contributed by atoms with Crippen molar-refractivity contribution in [1.29, 1.82) is 0 Å². The molecule has 3 fully saturated rings. The third-order valence-electron chi connectivity index (χ3n) is 8.02. The maximum absolute atomic E-state index is 14.3. The lowest BCUT2D eigenvalue weighted by Crippen LogP contribution is -2.45. The summed E-state index contributed by atoms with van der Waals surface area (Å²) in [7, 11) is 1.57. The predicted molar refractivity (Wildman–Crippen MR) is 128 cm³/mol. The van der Waals surface area contributed by atoms with Gasteiger partial charge in [0.25, 0.3) is 0 Å².